The minimum Gasteiger partial charge on any atom is -0.339 e. The van der Waals surface area contributed by atoms with Crippen molar-refractivity contribution in [1.29, 1.82) is 0 Å². The molecule has 3 atom stereocenters. The van der Waals surface area contributed by atoms with E-state index in [-0.39, 0.29) is 11.1 Å². The summed E-state index contributed by atoms with van der Waals surface area (Å²) in [4.78, 5) is 25.8. The van der Waals surface area contributed by atoms with E-state index in [9.17, 15) is 14.0 Å². The van der Waals surface area contributed by atoms with Crippen LogP contribution in [0.3, 0.4) is 0 Å². The molecular weight excluding hydrogens is 392 g/mol. The molecule has 3 aromatic rings. The Bertz CT molecular complexity index is 1190. The van der Waals surface area contributed by atoms with Gasteiger partial charge in [-0.3, -0.25) is 9.59 Å². The maximum Gasteiger partial charge on any atom is 0.271 e. The number of carbonyl (C=O) groups is 2. The summed E-state index contributed by atoms with van der Waals surface area (Å²) in [7, 11) is 0. The van der Waals surface area contributed by atoms with Crippen molar-refractivity contribution in [3.05, 3.63) is 89.1 Å². The number of halogens is 2. The van der Waals surface area contributed by atoms with Crippen molar-refractivity contribution in [1.82, 2.24) is 5.32 Å². The van der Waals surface area contributed by atoms with E-state index in [2.05, 4.69) is 5.32 Å². The van der Waals surface area contributed by atoms with Gasteiger partial charge in [0.1, 0.15) is 0 Å². The van der Waals surface area contributed by atoms with Gasteiger partial charge in [-0.2, -0.15) is 4.39 Å². The Kier molecular flexibility index (Phi) is 4.06. The standard InChI is InChI=1S/C23H15F2NO2S/c24-20-17(15-11-10-13-6-4-5-7-14(13)12-15)18-19(27)23(25,16-8-2-1-3-9-16)22(28)26-21(18)29-20/h1-12,18,21H,(H,26,28). The van der Waals surface area contributed by atoms with Crippen LogP contribution in [0.5, 0.6) is 0 Å². The fourth-order valence-corrected chi connectivity index (χ4v) is 5.20. The largest absolute Gasteiger partial charge is 0.339 e. The predicted octanol–water partition coefficient (Wildman–Crippen LogP) is 4.73. The number of alkyl halides is 1. The quantitative estimate of drug-likeness (QED) is 0.625. The molecule has 29 heavy (non-hydrogen) atoms. The number of amides is 1. The van der Waals surface area contributed by atoms with Crippen molar-refractivity contribution in [3.63, 3.8) is 0 Å². The number of Topliss-reactive ketones (excluding diaryl/α,β-unsaturated/α-hetero) is 1. The van der Waals surface area contributed by atoms with Crippen LogP contribution in [0.15, 0.2) is 78.0 Å². The molecule has 3 unspecified atom stereocenters. The van der Waals surface area contributed by atoms with Crippen LogP contribution in [0.25, 0.3) is 16.3 Å². The third-order valence-corrected chi connectivity index (χ3v) is 6.57. The van der Waals surface area contributed by atoms with Gasteiger partial charge in [-0.05, 0) is 22.4 Å². The first-order valence-electron chi connectivity index (χ1n) is 9.15. The van der Waals surface area contributed by atoms with Crippen LogP contribution in [0, 0.1) is 5.92 Å². The molecule has 6 heteroatoms. The van der Waals surface area contributed by atoms with Crippen LogP contribution in [-0.4, -0.2) is 17.1 Å². The summed E-state index contributed by atoms with van der Waals surface area (Å²) < 4.78 is 30.8. The lowest BCUT2D eigenvalue weighted by molar-refractivity contribution is -0.150. The van der Waals surface area contributed by atoms with Crippen molar-refractivity contribution in [2.75, 3.05) is 0 Å². The second-order valence-corrected chi connectivity index (χ2v) is 8.23. The van der Waals surface area contributed by atoms with Crippen molar-refractivity contribution in [2.24, 2.45) is 5.92 Å². The SMILES string of the molecule is O=C1NC2SC(F)=C(c3ccc4ccccc4c3)C2C(=O)C1(F)c1ccccc1. The topological polar surface area (TPSA) is 46.2 Å². The van der Waals surface area contributed by atoms with Gasteiger partial charge in [0, 0.05) is 11.1 Å². The monoisotopic (exact) mass is 407 g/mol. The molecule has 2 aliphatic rings. The average molecular weight is 407 g/mol. The van der Waals surface area contributed by atoms with Gasteiger partial charge >= 0.3 is 0 Å². The molecule has 1 saturated heterocycles. The summed E-state index contributed by atoms with van der Waals surface area (Å²) in [6.45, 7) is 0. The van der Waals surface area contributed by atoms with Gasteiger partial charge in [-0.15, -0.1) is 0 Å². The van der Waals surface area contributed by atoms with Gasteiger partial charge in [0.15, 0.2) is 10.9 Å². The van der Waals surface area contributed by atoms with Gasteiger partial charge in [0.2, 0.25) is 0 Å². The maximum absolute atomic E-state index is 15.9. The van der Waals surface area contributed by atoms with E-state index in [1.807, 2.05) is 30.3 Å². The highest BCUT2D eigenvalue weighted by Crippen LogP contribution is 2.52. The second kappa shape index (κ2) is 6.52. The molecule has 3 aromatic carbocycles. The highest BCUT2D eigenvalue weighted by atomic mass is 32.2. The molecule has 0 aromatic heterocycles. The summed E-state index contributed by atoms with van der Waals surface area (Å²) in [5, 5.41) is 2.95. The summed E-state index contributed by atoms with van der Waals surface area (Å²) in [5.41, 5.74) is -2.25. The van der Waals surface area contributed by atoms with E-state index in [1.54, 1.807) is 30.3 Å². The van der Waals surface area contributed by atoms with Crippen LogP contribution in [-0.2, 0) is 15.3 Å². The first-order chi connectivity index (χ1) is 14.0. The van der Waals surface area contributed by atoms with Crippen molar-refractivity contribution >= 4 is 39.8 Å². The zero-order chi connectivity index (χ0) is 20.2. The first-order valence-corrected chi connectivity index (χ1v) is 10.0. The van der Waals surface area contributed by atoms with E-state index in [4.69, 9.17) is 0 Å². The Morgan fingerprint density at radius 1 is 0.897 bits per heavy atom. The summed E-state index contributed by atoms with van der Waals surface area (Å²) in [5.74, 6) is -3.08. The fraction of sp³-hybridized carbons (Fsp3) is 0.130. The summed E-state index contributed by atoms with van der Waals surface area (Å²) in [6.07, 6.45) is 0. The van der Waals surface area contributed by atoms with Crippen LogP contribution in [0.2, 0.25) is 0 Å². The molecule has 2 aliphatic heterocycles. The van der Waals surface area contributed by atoms with Crippen molar-refractivity contribution in [3.8, 4) is 0 Å². The number of hydrogen-bond acceptors (Lipinski definition) is 3. The van der Waals surface area contributed by atoms with Gasteiger partial charge in [-0.25, -0.2) is 4.39 Å². The molecule has 0 bridgehead atoms. The number of hydrogen-bond donors (Lipinski definition) is 1. The zero-order valence-electron chi connectivity index (χ0n) is 15.1. The molecule has 0 radical (unpaired) electrons. The van der Waals surface area contributed by atoms with E-state index < -0.39 is 33.8 Å². The second-order valence-electron chi connectivity index (χ2n) is 7.13. The lowest BCUT2D eigenvalue weighted by atomic mass is 9.76. The lowest BCUT2D eigenvalue weighted by Gasteiger charge is -2.35. The van der Waals surface area contributed by atoms with Crippen molar-refractivity contribution < 1.29 is 18.4 Å². The molecule has 0 aliphatic carbocycles. The molecule has 144 valence electrons. The molecule has 0 saturated carbocycles. The number of carbonyl (C=O) groups excluding carboxylic acids is 2. The Labute approximate surface area is 169 Å². The van der Waals surface area contributed by atoms with Gasteiger partial charge in [0.05, 0.1) is 11.3 Å². The normalized spacial score (nSPS) is 26.6. The molecule has 3 nitrogen and oxygen atoms in total. The Morgan fingerprint density at radius 2 is 1.59 bits per heavy atom. The van der Waals surface area contributed by atoms with E-state index in [1.165, 1.54) is 12.1 Å². The van der Waals surface area contributed by atoms with Gasteiger partial charge in [0.25, 0.3) is 11.6 Å². The first kappa shape index (κ1) is 18.1. The van der Waals surface area contributed by atoms with Gasteiger partial charge < -0.3 is 5.32 Å². The molecule has 1 N–H and O–H groups in total. The summed E-state index contributed by atoms with van der Waals surface area (Å²) >= 11 is 0.755. The maximum atomic E-state index is 15.9. The number of nitrogens with one attached hydrogen (secondary N) is 1. The van der Waals surface area contributed by atoms with Gasteiger partial charge in [-0.1, -0.05) is 78.5 Å². The number of fused-ring (bicyclic) bond motifs is 2. The number of ketones is 1. The molecule has 1 amide bonds. The Hall–Kier alpha value is -2.99. The fourth-order valence-electron chi connectivity index (χ4n) is 4.04. The van der Waals surface area contributed by atoms with Crippen LogP contribution < -0.4 is 5.32 Å². The van der Waals surface area contributed by atoms with E-state index in [0.717, 1.165) is 22.5 Å². The van der Waals surface area contributed by atoms with E-state index in [0.29, 0.717) is 5.56 Å². The Morgan fingerprint density at radius 3 is 2.34 bits per heavy atom. The van der Waals surface area contributed by atoms with Crippen LogP contribution >= 0.6 is 11.8 Å². The number of rotatable bonds is 2. The number of thioether (sulfide) groups is 1. The molecule has 2 heterocycles. The lowest BCUT2D eigenvalue weighted by Crippen LogP contribution is -2.59. The Balaban J connectivity index is 1.62. The minimum absolute atomic E-state index is 0.0453. The third kappa shape index (κ3) is 2.63. The molecule has 5 rings (SSSR count). The molecule has 0 spiro atoms. The third-order valence-electron chi connectivity index (χ3n) is 5.50. The predicted molar refractivity (Wildman–Crippen MR) is 109 cm³/mol. The number of benzene rings is 3. The summed E-state index contributed by atoms with van der Waals surface area (Å²) in [6, 6.07) is 20.6. The highest BCUT2D eigenvalue weighted by molar-refractivity contribution is 8.04. The van der Waals surface area contributed by atoms with E-state index >= 15 is 4.39 Å². The van der Waals surface area contributed by atoms with Crippen LogP contribution in [0.4, 0.5) is 8.78 Å². The minimum atomic E-state index is -2.85. The molecular formula is C23H15F2NO2S. The van der Waals surface area contributed by atoms with Crippen LogP contribution in [0.1, 0.15) is 11.1 Å². The molecule has 1 fully saturated rings. The number of piperidine rings is 1. The zero-order valence-corrected chi connectivity index (χ0v) is 15.9. The van der Waals surface area contributed by atoms with Crippen molar-refractivity contribution in [2.45, 2.75) is 11.0 Å². The average Bonchev–Trinajstić information content (AvgIpc) is 3.08. The smallest absolute Gasteiger partial charge is 0.271 e. The highest BCUT2D eigenvalue weighted by Gasteiger charge is 2.60.